The van der Waals surface area contributed by atoms with Gasteiger partial charge in [-0.1, -0.05) is 60.7 Å². The van der Waals surface area contributed by atoms with E-state index in [1.165, 1.54) is 0 Å². The van der Waals surface area contributed by atoms with Gasteiger partial charge in [0.25, 0.3) is 0 Å². The molecule has 18 heavy (non-hydrogen) atoms. The van der Waals surface area contributed by atoms with E-state index in [0.717, 1.165) is 11.1 Å². The van der Waals surface area contributed by atoms with E-state index in [0.29, 0.717) is 6.61 Å². The molecule has 0 aliphatic rings. The zero-order valence-corrected chi connectivity index (χ0v) is 14.0. The first-order valence-electron chi connectivity index (χ1n) is 5.73. The summed E-state index contributed by atoms with van der Waals surface area (Å²) in [6, 6.07) is 20.0. The van der Waals surface area contributed by atoms with Crippen LogP contribution in [0, 0.1) is 0 Å². The predicted molar refractivity (Wildman–Crippen MR) is 68.3 cm³/mol. The van der Waals surface area contributed by atoms with Crippen molar-refractivity contribution in [3.63, 3.8) is 0 Å². The van der Waals surface area contributed by atoms with Gasteiger partial charge in [0.15, 0.2) is 0 Å². The zero-order chi connectivity index (χ0) is 11.9. The largest absolute Gasteiger partial charge is 1.00 e. The molecule has 0 saturated heterocycles. The SMILES string of the molecule is CC(OOCc1ccccc1)c1ccccc1.[H-].[K+]. The summed E-state index contributed by atoms with van der Waals surface area (Å²) >= 11 is 0. The van der Waals surface area contributed by atoms with Crippen LogP contribution in [0.3, 0.4) is 0 Å². The van der Waals surface area contributed by atoms with E-state index in [-0.39, 0.29) is 58.9 Å². The molecule has 0 bridgehead atoms. The quantitative estimate of drug-likeness (QED) is 0.458. The molecule has 3 heteroatoms. The molecule has 0 aromatic heterocycles. The number of hydrogen-bond donors (Lipinski definition) is 0. The van der Waals surface area contributed by atoms with Gasteiger partial charge in [0.05, 0.1) is 0 Å². The number of benzene rings is 2. The van der Waals surface area contributed by atoms with E-state index in [2.05, 4.69) is 0 Å². The molecule has 2 rings (SSSR count). The van der Waals surface area contributed by atoms with Gasteiger partial charge in [-0.3, -0.25) is 0 Å². The van der Waals surface area contributed by atoms with Crippen molar-refractivity contribution in [2.24, 2.45) is 0 Å². The molecule has 0 radical (unpaired) electrons. The van der Waals surface area contributed by atoms with Crippen molar-refractivity contribution < 1.29 is 62.6 Å². The third kappa shape index (κ3) is 5.32. The minimum absolute atomic E-state index is 0. The number of rotatable bonds is 5. The van der Waals surface area contributed by atoms with Crippen LogP contribution in [0.25, 0.3) is 0 Å². The Morgan fingerprint density at radius 2 is 1.50 bits per heavy atom. The van der Waals surface area contributed by atoms with Crippen molar-refractivity contribution in [1.29, 1.82) is 0 Å². The minimum Gasteiger partial charge on any atom is -1.00 e. The van der Waals surface area contributed by atoms with Gasteiger partial charge in [-0.05, 0) is 18.1 Å². The molecule has 0 saturated carbocycles. The van der Waals surface area contributed by atoms with Gasteiger partial charge in [-0.25, -0.2) is 9.78 Å². The predicted octanol–water partition coefficient (Wildman–Crippen LogP) is 1.01. The van der Waals surface area contributed by atoms with Gasteiger partial charge in [-0.15, -0.1) is 0 Å². The average molecular weight is 268 g/mol. The van der Waals surface area contributed by atoms with Gasteiger partial charge in [0.2, 0.25) is 0 Å². The standard InChI is InChI=1S/C15H16O2.K.H/c1-13(15-10-6-3-7-11-15)17-16-12-14-8-4-2-5-9-14;;/h2-11,13H,12H2,1H3;;/q;+1;-1. The summed E-state index contributed by atoms with van der Waals surface area (Å²) < 4.78 is 0. The number of hydrogen-bond acceptors (Lipinski definition) is 2. The zero-order valence-electron chi connectivity index (χ0n) is 11.9. The molecule has 0 N–H and O–H groups in total. The Bertz CT molecular complexity index is 436. The van der Waals surface area contributed by atoms with Gasteiger partial charge < -0.3 is 1.43 Å². The summed E-state index contributed by atoms with van der Waals surface area (Å²) in [5.74, 6) is 0. The van der Waals surface area contributed by atoms with Crippen molar-refractivity contribution in [3.8, 4) is 0 Å². The fourth-order valence-corrected chi connectivity index (χ4v) is 1.56. The van der Waals surface area contributed by atoms with Crippen molar-refractivity contribution in [3.05, 3.63) is 71.8 Å². The van der Waals surface area contributed by atoms with Crippen LogP contribution in [0.2, 0.25) is 0 Å². The Kier molecular flexibility index (Phi) is 8.02. The first kappa shape index (κ1) is 16.1. The maximum Gasteiger partial charge on any atom is 1.00 e. The van der Waals surface area contributed by atoms with Crippen LogP contribution in [-0.4, -0.2) is 0 Å². The molecule has 0 heterocycles. The van der Waals surface area contributed by atoms with Gasteiger partial charge in [-0.2, -0.15) is 0 Å². The third-order valence-corrected chi connectivity index (χ3v) is 2.55. The summed E-state index contributed by atoms with van der Waals surface area (Å²) in [4.78, 5) is 10.6. The Morgan fingerprint density at radius 1 is 0.944 bits per heavy atom. The van der Waals surface area contributed by atoms with Crippen molar-refractivity contribution in [1.82, 2.24) is 0 Å². The van der Waals surface area contributed by atoms with Crippen LogP contribution in [0.15, 0.2) is 60.7 Å². The Hall–Kier alpha value is -0.00364. The van der Waals surface area contributed by atoms with Gasteiger partial charge in [0, 0.05) is 0 Å². The minimum atomic E-state index is -0.0556. The van der Waals surface area contributed by atoms with Crippen LogP contribution in [-0.2, 0) is 16.4 Å². The molecule has 2 aromatic rings. The first-order valence-corrected chi connectivity index (χ1v) is 5.73. The van der Waals surface area contributed by atoms with Gasteiger partial charge in [0.1, 0.15) is 12.7 Å². The molecular formula is C15H17KO2. The molecule has 1 atom stereocenters. The summed E-state index contributed by atoms with van der Waals surface area (Å²) in [6.07, 6.45) is -0.0556. The maximum absolute atomic E-state index is 5.33. The van der Waals surface area contributed by atoms with Crippen LogP contribution in [0.4, 0.5) is 0 Å². The fourth-order valence-electron chi connectivity index (χ4n) is 1.56. The Balaban J connectivity index is 0.00000162. The maximum atomic E-state index is 5.33. The molecular weight excluding hydrogens is 251 g/mol. The van der Waals surface area contributed by atoms with Crippen LogP contribution in [0.1, 0.15) is 25.6 Å². The second-order valence-corrected chi connectivity index (χ2v) is 3.90. The summed E-state index contributed by atoms with van der Waals surface area (Å²) in [5.41, 5.74) is 2.22. The Labute approximate surface area is 152 Å². The van der Waals surface area contributed by atoms with Gasteiger partial charge >= 0.3 is 51.4 Å². The normalized spacial score (nSPS) is 11.6. The van der Waals surface area contributed by atoms with Crippen LogP contribution in [0.5, 0.6) is 0 Å². The average Bonchev–Trinajstić information content (AvgIpc) is 2.41. The Morgan fingerprint density at radius 3 is 2.11 bits per heavy atom. The van der Waals surface area contributed by atoms with Crippen LogP contribution >= 0.6 is 0 Å². The van der Waals surface area contributed by atoms with Crippen LogP contribution < -0.4 is 51.4 Å². The monoisotopic (exact) mass is 268 g/mol. The van der Waals surface area contributed by atoms with Crippen molar-refractivity contribution >= 4 is 0 Å². The van der Waals surface area contributed by atoms with E-state index in [1.807, 2.05) is 67.6 Å². The molecule has 1 unspecified atom stereocenters. The molecule has 90 valence electrons. The molecule has 0 amide bonds. The second kappa shape index (κ2) is 8.99. The van der Waals surface area contributed by atoms with E-state index >= 15 is 0 Å². The summed E-state index contributed by atoms with van der Waals surface area (Å²) in [7, 11) is 0. The van der Waals surface area contributed by atoms with Crippen molar-refractivity contribution in [2.75, 3.05) is 0 Å². The summed E-state index contributed by atoms with van der Waals surface area (Å²) in [6.45, 7) is 2.44. The molecule has 0 aliphatic carbocycles. The molecule has 0 aliphatic heterocycles. The van der Waals surface area contributed by atoms with Crippen molar-refractivity contribution in [2.45, 2.75) is 19.6 Å². The fraction of sp³-hybridized carbons (Fsp3) is 0.200. The molecule has 0 fully saturated rings. The molecule has 0 spiro atoms. The molecule has 2 aromatic carbocycles. The molecule has 2 nitrogen and oxygen atoms in total. The smallest absolute Gasteiger partial charge is 1.00 e. The second-order valence-electron chi connectivity index (χ2n) is 3.90. The summed E-state index contributed by atoms with van der Waals surface area (Å²) in [5, 5.41) is 0. The van der Waals surface area contributed by atoms with E-state index in [4.69, 9.17) is 9.78 Å². The van der Waals surface area contributed by atoms with E-state index in [1.54, 1.807) is 0 Å². The first-order chi connectivity index (χ1) is 8.36. The topological polar surface area (TPSA) is 18.5 Å². The van der Waals surface area contributed by atoms with E-state index < -0.39 is 0 Å². The third-order valence-electron chi connectivity index (χ3n) is 2.55. The van der Waals surface area contributed by atoms with E-state index in [9.17, 15) is 0 Å².